The van der Waals surface area contributed by atoms with Crippen molar-refractivity contribution in [3.8, 4) is 27.3 Å². The van der Waals surface area contributed by atoms with Crippen LogP contribution in [0.5, 0.6) is 5.75 Å². The van der Waals surface area contributed by atoms with Crippen LogP contribution in [0.3, 0.4) is 0 Å². The number of nitrogens with zero attached hydrogens (tertiary/aromatic N) is 1. The predicted molar refractivity (Wildman–Crippen MR) is 201 cm³/mol. The Bertz CT molecular complexity index is 2060. The van der Waals surface area contributed by atoms with Gasteiger partial charge in [0.05, 0.1) is 20.3 Å². The number of amides is 3. The molecule has 278 valence electrons. The number of hydrogen-bond donors (Lipinski definition) is 4. The minimum absolute atomic E-state index is 0.00123. The number of carbonyl (C=O) groups is 4. The zero-order chi connectivity index (χ0) is 37.9. The van der Waals surface area contributed by atoms with Crippen molar-refractivity contribution < 1.29 is 38.5 Å². The summed E-state index contributed by atoms with van der Waals surface area (Å²) in [5, 5.41) is 20.5. The Morgan fingerprint density at radius 3 is 2.45 bits per heavy atom. The smallest absolute Gasteiger partial charge is 0.407 e. The van der Waals surface area contributed by atoms with Gasteiger partial charge in [-0.25, -0.2) is 14.6 Å². The SMILES string of the molecule is COC(=O)c1nc(C(=O)NCC2(CO)CCC2)ccc1-c1cc2c(cc1C(=O)Nc1ccc(CNC(=O)OC(C)(C)C)cc1C)-c1sccc1CCO2. The molecule has 0 unspecified atom stereocenters. The number of aromatic nitrogens is 1. The van der Waals surface area contributed by atoms with E-state index in [0.29, 0.717) is 30.0 Å². The van der Waals surface area contributed by atoms with Crippen molar-refractivity contribution in [2.24, 2.45) is 5.41 Å². The van der Waals surface area contributed by atoms with Crippen LogP contribution in [-0.4, -0.2) is 66.4 Å². The van der Waals surface area contributed by atoms with E-state index in [0.717, 1.165) is 46.4 Å². The largest absolute Gasteiger partial charge is 0.493 e. The van der Waals surface area contributed by atoms with Crippen LogP contribution in [0.15, 0.2) is 53.9 Å². The average molecular weight is 741 g/mol. The minimum Gasteiger partial charge on any atom is -0.493 e. The number of aliphatic hydroxyl groups excluding tert-OH is 1. The van der Waals surface area contributed by atoms with E-state index in [4.69, 9.17) is 14.2 Å². The van der Waals surface area contributed by atoms with Gasteiger partial charge in [-0.15, -0.1) is 11.3 Å². The second-order valence-corrected chi connectivity index (χ2v) is 15.4. The number of thiophene rings is 1. The summed E-state index contributed by atoms with van der Waals surface area (Å²) in [5.74, 6) is -1.17. The maximum atomic E-state index is 14.3. The minimum atomic E-state index is -0.783. The van der Waals surface area contributed by atoms with E-state index in [2.05, 4.69) is 20.9 Å². The zero-order valence-corrected chi connectivity index (χ0v) is 31.3. The van der Waals surface area contributed by atoms with Crippen LogP contribution in [0, 0.1) is 12.3 Å². The second-order valence-electron chi connectivity index (χ2n) is 14.5. The van der Waals surface area contributed by atoms with Gasteiger partial charge in [0.25, 0.3) is 11.8 Å². The molecule has 0 spiro atoms. The van der Waals surface area contributed by atoms with Crippen LogP contribution in [0.2, 0.25) is 0 Å². The first kappa shape index (κ1) is 37.5. The molecule has 0 saturated heterocycles. The van der Waals surface area contributed by atoms with Crippen molar-refractivity contribution in [2.75, 3.05) is 32.2 Å². The number of rotatable bonds is 10. The summed E-state index contributed by atoms with van der Waals surface area (Å²) in [6.45, 7) is 8.16. The summed E-state index contributed by atoms with van der Waals surface area (Å²) in [4.78, 5) is 58.5. The number of alkyl carbamates (subject to hydrolysis) is 1. The van der Waals surface area contributed by atoms with Gasteiger partial charge in [-0.2, -0.15) is 0 Å². The number of aliphatic hydroxyl groups is 1. The van der Waals surface area contributed by atoms with Crippen molar-refractivity contribution >= 4 is 40.9 Å². The van der Waals surface area contributed by atoms with Gasteiger partial charge in [0.2, 0.25) is 0 Å². The van der Waals surface area contributed by atoms with Gasteiger partial charge in [-0.3, -0.25) is 9.59 Å². The summed E-state index contributed by atoms with van der Waals surface area (Å²) in [6.07, 6.45) is 2.78. The lowest BCUT2D eigenvalue weighted by Crippen LogP contribution is -2.44. The molecule has 3 amide bonds. The average Bonchev–Trinajstić information content (AvgIpc) is 3.51. The molecule has 13 heteroatoms. The topological polar surface area (TPSA) is 165 Å². The Morgan fingerprint density at radius 1 is 0.981 bits per heavy atom. The van der Waals surface area contributed by atoms with Crippen LogP contribution in [0.1, 0.15) is 88.1 Å². The Kier molecular flexibility index (Phi) is 10.9. The molecule has 1 saturated carbocycles. The Morgan fingerprint density at radius 2 is 1.77 bits per heavy atom. The second kappa shape index (κ2) is 15.4. The van der Waals surface area contributed by atoms with Crippen molar-refractivity contribution in [3.05, 3.63) is 87.6 Å². The number of anilines is 1. The number of carbonyl (C=O) groups excluding carboxylic acids is 4. The maximum absolute atomic E-state index is 14.3. The van der Waals surface area contributed by atoms with E-state index in [9.17, 15) is 24.3 Å². The van der Waals surface area contributed by atoms with Gasteiger partial charge in [0, 0.05) is 57.7 Å². The number of methoxy groups -OCH3 is 1. The number of esters is 1. The summed E-state index contributed by atoms with van der Waals surface area (Å²) < 4.78 is 16.6. The molecule has 1 aliphatic carbocycles. The molecule has 12 nitrogen and oxygen atoms in total. The van der Waals surface area contributed by atoms with E-state index in [1.165, 1.54) is 13.2 Å². The molecule has 3 heterocycles. The van der Waals surface area contributed by atoms with Crippen molar-refractivity contribution in [1.82, 2.24) is 15.6 Å². The lowest BCUT2D eigenvalue weighted by Gasteiger charge is -2.40. The van der Waals surface area contributed by atoms with Crippen molar-refractivity contribution in [3.63, 3.8) is 0 Å². The first-order valence-electron chi connectivity index (χ1n) is 17.5. The van der Waals surface area contributed by atoms with E-state index in [1.54, 1.807) is 62.4 Å². The fraction of sp³-hybridized carbons (Fsp3) is 0.375. The van der Waals surface area contributed by atoms with Gasteiger partial charge in [0.1, 0.15) is 17.0 Å². The predicted octanol–water partition coefficient (Wildman–Crippen LogP) is 6.68. The number of hydrogen-bond acceptors (Lipinski definition) is 10. The Balaban J connectivity index is 1.35. The summed E-state index contributed by atoms with van der Waals surface area (Å²) in [7, 11) is 1.23. The van der Waals surface area contributed by atoms with Crippen LogP contribution >= 0.6 is 11.3 Å². The van der Waals surface area contributed by atoms with Crippen LogP contribution in [0.25, 0.3) is 21.6 Å². The zero-order valence-electron chi connectivity index (χ0n) is 30.5. The van der Waals surface area contributed by atoms with E-state index >= 15 is 0 Å². The number of benzene rings is 2. The lowest BCUT2D eigenvalue weighted by molar-refractivity contribution is 0.0427. The Labute approximate surface area is 312 Å². The molecular formula is C40H44N4O8S. The first-order chi connectivity index (χ1) is 25.3. The van der Waals surface area contributed by atoms with Crippen molar-refractivity contribution in [2.45, 2.75) is 65.5 Å². The van der Waals surface area contributed by atoms with Crippen LogP contribution < -0.4 is 20.7 Å². The third-order valence-corrected chi connectivity index (χ3v) is 10.5. The third kappa shape index (κ3) is 8.36. The molecule has 0 radical (unpaired) electrons. The van der Waals surface area contributed by atoms with E-state index in [1.807, 2.05) is 24.4 Å². The molecule has 4 N–H and O–H groups in total. The standard InChI is InChI=1S/C40H44N4O8S/c1-23-17-24(20-41-38(49)52-39(2,3)4)7-9-30(23)44-35(46)28-18-29-32(51-15-11-25-12-16-53-34(25)29)19-27(28)26-8-10-31(43-33(26)37(48)50-5)36(47)42-21-40(22-45)13-6-14-40/h7-10,12,16-19,45H,6,11,13-15,20-22H2,1-5H3,(H,41,49)(H,42,47)(H,44,46). The summed E-state index contributed by atoms with van der Waals surface area (Å²) >= 11 is 1.55. The highest BCUT2D eigenvalue weighted by Crippen LogP contribution is 2.44. The number of fused-ring (bicyclic) bond motifs is 3. The highest BCUT2D eigenvalue weighted by Gasteiger charge is 2.37. The molecule has 1 fully saturated rings. The number of nitrogens with one attached hydrogen (secondary N) is 3. The quantitative estimate of drug-likeness (QED) is 0.130. The monoisotopic (exact) mass is 740 g/mol. The Hall–Kier alpha value is -5.27. The van der Waals surface area contributed by atoms with E-state index < -0.39 is 29.5 Å². The lowest BCUT2D eigenvalue weighted by atomic mass is 9.69. The molecule has 6 rings (SSSR count). The van der Waals surface area contributed by atoms with Crippen molar-refractivity contribution in [1.29, 1.82) is 0 Å². The molecule has 2 aliphatic rings. The number of pyridine rings is 1. The maximum Gasteiger partial charge on any atom is 0.407 e. The molecule has 2 aromatic carbocycles. The van der Waals surface area contributed by atoms with Gasteiger partial charge in [-0.1, -0.05) is 18.6 Å². The highest BCUT2D eigenvalue weighted by molar-refractivity contribution is 7.13. The fourth-order valence-electron chi connectivity index (χ4n) is 6.46. The molecule has 1 aliphatic heterocycles. The number of aryl methyl sites for hydroxylation is 1. The third-order valence-electron chi connectivity index (χ3n) is 9.53. The van der Waals surface area contributed by atoms with Gasteiger partial charge in [-0.05, 0) is 99.0 Å². The summed E-state index contributed by atoms with van der Waals surface area (Å²) in [6, 6.07) is 14.1. The van der Waals surface area contributed by atoms with Gasteiger partial charge >= 0.3 is 12.1 Å². The fourth-order valence-corrected chi connectivity index (χ4v) is 7.44. The van der Waals surface area contributed by atoms with Gasteiger partial charge in [0.15, 0.2) is 5.69 Å². The molecular weight excluding hydrogens is 697 g/mol. The molecule has 2 aromatic heterocycles. The van der Waals surface area contributed by atoms with E-state index in [-0.39, 0.29) is 47.6 Å². The molecule has 4 aromatic rings. The molecule has 0 bridgehead atoms. The van der Waals surface area contributed by atoms with Crippen LogP contribution in [0.4, 0.5) is 10.5 Å². The molecule has 53 heavy (non-hydrogen) atoms. The number of ether oxygens (including phenoxy) is 3. The molecule has 0 atom stereocenters. The summed E-state index contributed by atoms with van der Waals surface area (Å²) in [5.41, 5.74) is 3.78. The van der Waals surface area contributed by atoms with Crippen LogP contribution in [-0.2, 0) is 22.4 Å². The normalized spacial score (nSPS) is 14.3. The van der Waals surface area contributed by atoms with Gasteiger partial charge < -0.3 is 35.3 Å². The first-order valence-corrected chi connectivity index (χ1v) is 18.4. The highest BCUT2D eigenvalue weighted by atomic mass is 32.1.